The second-order valence-electron chi connectivity index (χ2n) is 10.9. The molecule has 3 aromatic heterocycles. The minimum Gasteiger partial charge on any atom is -0.456 e. The van der Waals surface area contributed by atoms with Crippen molar-refractivity contribution in [1.82, 2.24) is 0 Å². The van der Waals surface area contributed by atoms with Crippen molar-refractivity contribution < 1.29 is 13.3 Å². The maximum Gasteiger partial charge on any atom is 0.143 e. The molecule has 0 unspecified atom stereocenters. The van der Waals surface area contributed by atoms with Gasteiger partial charge >= 0.3 is 0 Å². The average Bonchev–Trinajstić information content (AvgIpc) is 3.70. The van der Waals surface area contributed by atoms with Crippen molar-refractivity contribution in [3.8, 4) is 22.3 Å². The van der Waals surface area contributed by atoms with Crippen molar-refractivity contribution in [2.75, 3.05) is 0 Å². The third-order valence-corrected chi connectivity index (χ3v) is 8.56. The summed E-state index contributed by atoms with van der Waals surface area (Å²) >= 11 is 0. The lowest BCUT2D eigenvalue weighted by molar-refractivity contribution is 0.666. The number of furan rings is 3. The van der Waals surface area contributed by atoms with E-state index >= 15 is 0 Å². The van der Waals surface area contributed by atoms with E-state index in [-0.39, 0.29) is 0 Å². The molecule has 0 amide bonds. The van der Waals surface area contributed by atoms with E-state index in [1.165, 1.54) is 5.56 Å². The van der Waals surface area contributed by atoms with E-state index in [1.54, 1.807) is 0 Å². The first kappa shape index (κ1) is 22.5. The number of para-hydroxylation sites is 3. The lowest BCUT2D eigenvalue weighted by atomic mass is 9.91. The van der Waals surface area contributed by atoms with Crippen LogP contribution in [0.15, 0.2) is 122 Å². The standard InChI is InChI=1S/C38H24O3/c1-21-15-18-25(37-33(21)27-9-3-6-12-30(27)40-37)24-19-20-26(38-35(24)29-11-5-8-14-32(29)41-38)23-17-16-22(2)36-34(23)28-10-4-7-13-31(28)39-36/h3-20H,1-2H3. The molecule has 0 fully saturated rings. The molecule has 0 N–H and O–H groups in total. The second-order valence-corrected chi connectivity index (χ2v) is 10.9. The van der Waals surface area contributed by atoms with Gasteiger partial charge in [0.2, 0.25) is 0 Å². The Balaban J connectivity index is 1.42. The summed E-state index contributed by atoms with van der Waals surface area (Å²) < 4.78 is 19.6. The number of fused-ring (bicyclic) bond motifs is 9. The molecular formula is C38H24O3. The lowest BCUT2D eigenvalue weighted by Gasteiger charge is -2.11. The van der Waals surface area contributed by atoms with E-state index < -0.39 is 0 Å². The topological polar surface area (TPSA) is 39.4 Å². The van der Waals surface area contributed by atoms with Crippen molar-refractivity contribution in [3.05, 3.63) is 120 Å². The quantitative estimate of drug-likeness (QED) is 0.224. The molecule has 3 nitrogen and oxygen atoms in total. The van der Waals surface area contributed by atoms with Crippen molar-refractivity contribution in [1.29, 1.82) is 0 Å². The van der Waals surface area contributed by atoms with Crippen molar-refractivity contribution in [3.63, 3.8) is 0 Å². The van der Waals surface area contributed by atoms with E-state index in [0.29, 0.717) is 0 Å². The van der Waals surface area contributed by atoms with Crippen LogP contribution >= 0.6 is 0 Å². The Bertz CT molecular complexity index is 2500. The molecule has 0 aliphatic heterocycles. The zero-order chi connectivity index (χ0) is 27.2. The summed E-state index contributed by atoms with van der Waals surface area (Å²) in [6, 6.07) is 38.0. The summed E-state index contributed by atoms with van der Waals surface area (Å²) in [4.78, 5) is 0. The van der Waals surface area contributed by atoms with Gasteiger partial charge in [-0.2, -0.15) is 0 Å². The molecule has 0 aliphatic rings. The largest absolute Gasteiger partial charge is 0.456 e. The normalized spacial score (nSPS) is 12.1. The summed E-state index contributed by atoms with van der Waals surface area (Å²) in [6.45, 7) is 4.25. The fourth-order valence-corrected chi connectivity index (χ4v) is 6.65. The van der Waals surface area contributed by atoms with Gasteiger partial charge in [0.1, 0.15) is 33.5 Å². The zero-order valence-corrected chi connectivity index (χ0v) is 22.6. The molecule has 3 heterocycles. The van der Waals surface area contributed by atoms with Gasteiger partial charge in [-0.15, -0.1) is 0 Å². The first-order valence-electron chi connectivity index (χ1n) is 13.9. The Morgan fingerprint density at radius 1 is 0.341 bits per heavy atom. The van der Waals surface area contributed by atoms with Gasteiger partial charge in [-0.05, 0) is 60.4 Å². The summed E-state index contributed by atoms with van der Waals surface area (Å²) in [5.41, 5.74) is 12.0. The van der Waals surface area contributed by atoms with Crippen LogP contribution in [0.25, 0.3) is 88.1 Å². The molecule has 0 bridgehead atoms. The maximum atomic E-state index is 6.70. The van der Waals surface area contributed by atoms with Gasteiger partial charge in [0, 0.05) is 43.4 Å². The van der Waals surface area contributed by atoms with Crippen LogP contribution in [-0.2, 0) is 0 Å². The molecule has 0 radical (unpaired) electrons. The number of benzene rings is 6. The van der Waals surface area contributed by atoms with Crippen LogP contribution in [0.1, 0.15) is 11.1 Å². The molecule has 0 spiro atoms. The van der Waals surface area contributed by atoms with Crippen LogP contribution < -0.4 is 0 Å². The van der Waals surface area contributed by atoms with Gasteiger partial charge in [0.05, 0.1) is 0 Å². The molecule has 0 aliphatic carbocycles. The van der Waals surface area contributed by atoms with E-state index in [0.717, 1.165) is 93.6 Å². The predicted octanol–water partition coefficient (Wildman–Crippen LogP) is 11.3. The lowest BCUT2D eigenvalue weighted by Crippen LogP contribution is -1.87. The summed E-state index contributed by atoms with van der Waals surface area (Å²) in [5, 5.41) is 6.70. The Morgan fingerprint density at radius 3 is 1.34 bits per heavy atom. The number of rotatable bonds is 2. The predicted molar refractivity (Wildman–Crippen MR) is 169 cm³/mol. The average molecular weight is 529 g/mol. The van der Waals surface area contributed by atoms with E-state index in [1.807, 2.05) is 36.4 Å². The Kier molecular flexibility index (Phi) is 4.46. The molecule has 9 rings (SSSR count). The highest BCUT2D eigenvalue weighted by molar-refractivity contribution is 6.22. The Labute approximate surface area is 235 Å². The van der Waals surface area contributed by atoms with Crippen LogP contribution in [0.4, 0.5) is 0 Å². The fraction of sp³-hybridized carbons (Fsp3) is 0.0526. The first-order valence-corrected chi connectivity index (χ1v) is 13.9. The highest BCUT2D eigenvalue weighted by atomic mass is 16.3. The van der Waals surface area contributed by atoms with E-state index in [9.17, 15) is 0 Å². The number of aryl methyl sites for hydroxylation is 2. The molecule has 41 heavy (non-hydrogen) atoms. The smallest absolute Gasteiger partial charge is 0.143 e. The molecule has 9 aromatic rings. The van der Waals surface area contributed by atoms with Crippen LogP contribution in [0.5, 0.6) is 0 Å². The van der Waals surface area contributed by atoms with Crippen LogP contribution in [0, 0.1) is 13.8 Å². The monoisotopic (exact) mass is 528 g/mol. The highest BCUT2D eigenvalue weighted by Crippen LogP contribution is 2.47. The summed E-state index contributed by atoms with van der Waals surface area (Å²) in [6.07, 6.45) is 0. The van der Waals surface area contributed by atoms with E-state index in [2.05, 4.69) is 86.6 Å². The minimum absolute atomic E-state index is 0.865. The van der Waals surface area contributed by atoms with Crippen LogP contribution in [-0.4, -0.2) is 0 Å². The van der Waals surface area contributed by atoms with Gasteiger partial charge in [-0.3, -0.25) is 0 Å². The van der Waals surface area contributed by atoms with Gasteiger partial charge < -0.3 is 13.3 Å². The number of hydrogen-bond donors (Lipinski definition) is 0. The first-order chi connectivity index (χ1) is 20.2. The SMILES string of the molecule is Cc1ccc(-c2ccc(-c3ccc(C)c4c3oc3ccccc34)c3c2oc2ccccc23)c2c1oc1ccccc12. The summed E-state index contributed by atoms with van der Waals surface area (Å²) in [7, 11) is 0. The molecule has 0 saturated heterocycles. The third kappa shape index (κ3) is 3.03. The number of hydrogen-bond acceptors (Lipinski definition) is 3. The molecule has 0 saturated carbocycles. The second kappa shape index (κ2) is 8.12. The van der Waals surface area contributed by atoms with Gasteiger partial charge in [0.15, 0.2) is 0 Å². The van der Waals surface area contributed by atoms with E-state index in [4.69, 9.17) is 13.3 Å². The molecule has 194 valence electrons. The zero-order valence-electron chi connectivity index (χ0n) is 22.6. The van der Waals surface area contributed by atoms with Crippen molar-refractivity contribution in [2.45, 2.75) is 13.8 Å². The summed E-state index contributed by atoms with van der Waals surface area (Å²) in [5.74, 6) is 0. The van der Waals surface area contributed by atoms with Gasteiger partial charge in [-0.25, -0.2) is 0 Å². The van der Waals surface area contributed by atoms with Crippen LogP contribution in [0.2, 0.25) is 0 Å². The molecule has 0 atom stereocenters. The fourth-order valence-electron chi connectivity index (χ4n) is 6.65. The molecule has 3 heteroatoms. The Hall–Kier alpha value is -5.28. The third-order valence-electron chi connectivity index (χ3n) is 8.56. The van der Waals surface area contributed by atoms with Crippen LogP contribution in [0.3, 0.4) is 0 Å². The minimum atomic E-state index is 0.865. The maximum absolute atomic E-state index is 6.70. The van der Waals surface area contributed by atoms with Crippen molar-refractivity contribution in [2.24, 2.45) is 0 Å². The van der Waals surface area contributed by atoms with Gasteiger partial charge in [0.25, 0.3) is 0 Å². The van der Waals surface area contributed by atoms with Gasteiger partial charge in [-0.1, -0.05) is 84.9 Å². The highest BCUT2D eigenvalue weighted by Gasteiger charge is 2.23. The Morgan fingerprint density at radius 2 is 0.732 bits per heavy atom. The molecule has 6 aromatic carbocycles. The van der Waals surface area contributed by atoms with Crippen molar-refractivity contribution >= 4 is 65.8 Å². The molecular weight excluding hydrogens is 504 g/mol.